The van der Waals surface area contributed by atoms with E-state index in [1.165, 1.54) is 166 Å². The highest BCUT2D eigenvalue weighted by molar-refractivity contribution is 9.10. The summed E-state index contributed by atoms with van der Waals surface area (Å²) in [6.45, 7) is 18.3. The van der Waals surface area contributed by atoms with E-state index in [0.29, 0.717) is 10.9 Å². The van der Waals surface area contributed by atoms with Crippen molar-refractivity contribution in [2.45, 2.75) is 77.0 Å². The van der Waals surface area contributed by atoms with E-state index >= 15 is 0 Å². The van der Waals surface area contributed by atoms with Crippen molar-refractivity contribution >= 4 is 73.4 Å². The molecule has 0 radical (unpaired) electrons. The molecular formula is C108H85B2BrO4. The fraction of sp³-hybridized carbons (Fsp3) is 0.111. The number of halogens is 1. The molecule has 4 N–H and O–H groups in total. The Labute approximate surface area is 682 Å². The summed E-state index contributed by atoms with van der Waals surface area (Å²) in [4.78, 5) is 0. The molecule has 115 heavy (non-hydrogen) atoms. The number of hydrogen-bond donors (Lipinski definition) is 4. The molecule has 0 aromatic heterocycles. The number of benzene rings is 17. The summed E-state index contributed by atoms with van der Waals surface area (Å²) in [6, 6.07) is 125. The second-order valence-electron chi connectivity index (χ2n) is 33.8. The van der Waals surface area contributed by atoms with Crippen LogP contribution in [0.4, 0.5) is 0 Å². The van der Waals surface area contributed by atoms with Crippen LogP contribution in [0, 0.1) is 0 Å². The zero-order valence-electron chi connectivity index (χ0n) is 65.7. The van der Waals surface area contributed by atoms with Crippen LogP contribution in [0.25, 0.3) is 155 Å². The Hall–Kier alpha value is -12.0. The molecule has 17 aromatic rings. The van der Waals surface area contributed by atoms with Crippen molar-refractivity contribution in [3.8, 4) is 122 Å². The van der Waals surface area contributed by atoms with Crippen LogP contribution in [-0.4, -0.2) is 34.3 Å². The van der Waals surface area contributed by atoms with E-state index in [4.69, 9.17) is 0 Å². The first-order valence-corrected chi connectivity index (χ1v) is 40.7. The van der Waals surface area contributed by atoms with Crippen molar-refractivity contribution in [2.75, 3.05) is 0 Å². The van der Waals surface area contributed by atoms with Gasteiger partial charge in [-0.25, -0.2) is 0 Å². The Morgan fingerprint density at radius 2 is 0.357 bits per heavy atom. The van der Waals surface area contributed by atoms with Gasteiger partial charge in [0.15, 0.2) is 0 Å². The standard InChI is InChI=1S/C62H46.C30H28B2O4.C16H11Br/c1-61(2)57-35-49(43-17-13-41(14-18-43)47-23-21-39-9-5-7-11-45(39)33-47)25-29-53(57)55-31-27-51(37-59(55)61)52-28-32-56-54-30-26-50(36-58(54)62(3,4)60(56)38-52)44-19-15-42(16-20-44)48-24-22-40-10-6-8-12-46(40)34-48;1-29(2)25-13-17(5-9-21(25)23-11-7-19(31(33)34)15-27(23)29)18-6-10-22-24-12-8-20(32(35)36)16-28(24)30(3,4)26(22)14-18;17-16-9-7-13(8-10-16)15-6-5-12-3-1-2-4-14(12)11-15/h5-38H,1-4H3;5-16,33-36H,1-4H3;1-11H. The summed E-state index contributed by atoms with van der Waals surface area (Å²) < 4.78 is 1.11. The maximum Gasteiger partial charge on any atom is 0.488 e. The molecule has 17 aromatic carbocycles. The van der Waals surface area contributed by atoms with Gasteiger partial charge in [0.05, 0.1) is 0 Å². The van der Waals surface area contributed by atoms with Gasteiger partial charge in [0.1, 0.15) is 0 Å². The Bertz CT molecular complexity index is 6440. The molecule has 4 nitrogen and oxygen atoms in total. The average Bonchev–Trinajstić information content (AvgIpc) is 1.59. The van der Waals surface area contributed by atoms with E-state index in [0.717, 1.165) is 37.9 Å². The minimum absolute atomic E-state index is 0.127. The smallest absolute Gasteiger partial charge is 0.423 e. The summed E-state index contributed by atoms with van der Waals surface area (Å²) >= 11 is 3.46. The van der Waals surface area contributed by atoms with Gasteiger partial charge in [-0.3, -0.25) is 0 Å². The summed E-state index contributed by atoms with van der Waals surface area (Å²) in [5.41, 5.74) is 37.8. The van der Waals surface area contributed by atoms with Gasteiger partial charge < -0.3 is 20.1 Å². The molecule has 4 aliphatic carbocycles. The largest absolute Gasteiger partial charge is 0.488 e. The van der Waals surface area contributed by atoms with Gasteiger partial charge in [-0.1, -0.05) is 350 Å². The highest BCUT2D eigenvalue weighted by atomic mass is 79.9. The molecule has 554 valence electrons. The van der Waals surface area contributed by atoms with Crippen LogP contribution in [0.2, 0.25) is 0 Å². The molecule has 0 spiro atoms. The lowest BCUT2D eigenvalue weighted by Crippen LogP contribution is -2.31. The van der Waals surface area contributed by atoms with Gasteiger partial charge >= 0.3 is 14.2 Å². The van der Waals surface area contributed by atoms with E-state index in [-0.39, 0.29) is 21.7 Å². The summed E-state index contributed by atoms with van der Waals surface area (Å²) in [5, 5.41) is 46.4. The molecule has 0 unspecified atom stereocenters. The first-order chi connectivity index (χ1) is 55.5. The normalized spacial score (nSPS) is 14.1. The van der Waals surface area contributed by atoms with Crippen LogP contribution in [-0.2, 0) is 21.7 Å². The van der Waals surface area contributed by atoms with Crippen LogP contribution in [0.1, 0.15) is 99.9 Å². The fourth-order valence-electron chi connectivity index (χ4n) is 18.8. The topological polar surface area (TPSA) is 80.9 Å². The minimum atomic E-state index is -1.49. The minimum Gasteiger partial charge on any atom is -0.423 e. The molecule has 0 saturated heterocycles. The van der Waals surface area contributed by atoms with Gasteiger partial charge in [-0.2, -0.15) is 0 Å². The van der Waals surface area contributed by atoms with E-state index < -0.39 is 14.2 Å². The van der Waals surface area contributed by atoms with Crippen LogP contribution in [0.5, 0.6) is 0 Å². The fourth-order valence-corrected chi connectivity index (χ4v) is 19.1. The Kier molecular flexibility index (Phi) is 17.9. The second-order valence-corrected chi connectivity index (χ2v) is 34.7. The molecule has 0 atom stereocenters. The van der Waals surface area contributed by atoms with Gasteiger partial charge in [-0.15, -0.1) is 0 Å². The van der Waals surface area contributed by atoms with Crippen molar-refractivity contribution in [3.05, 3.63) is 395 Å². The van der Waals surface area contributed by atoms with Crippen LogP contribution in [0.3, 0.4) is 0 Å². The lowest BCUT2D eigenvalue weighted by atomic mass is 9.75. The van der Waals surface area contributed by atoms with Gasteiger partial charge in [0, 0.05) is 26.1 Å². The molecule has 0 fully saturated rings. The van der Waals surface area contributed by atoms with Crippen LogP contribution < -0.4 is 10.9 Å². The van der Waals surface area contributed by atoms with E-state index in [1.54, 1.807) is 12.1 Å². The molecule has 0 saturated carbocycles. The lowest BCUT2D eigenvalue weighted by molar-refractivity contribution is 0.424. The number of fused-ring (bicyclic) bond motifs is 15. The van der Waals surface area contributed by atoms with E-state index in [9.17, 15) is 20.1 Å². The summed E-state index contributed by atoms with van der Waals surface area (Å²) in [5.74, 6) is 0. The molecule has 0 heterocycles. The third-order valence-electron chi connectivity index (χ3n) is 25.5. The quantitative estimate of drug-likeness (QED) is 0.109. The molecular weight excluding hydrogens is 1460 g/mol. The number of rotatable bonds is 9. The van der Waals surface area contributed by atoms with Crippen molar-refractivity contribution in [1.29, 1.82) is 0 Å². The average molecular weight is 1550 g/mol. The van der Waals surface area contributed by atoms with Crippen molar-refractivity contribution in [3.63, 3.8) is 0 Å². The molecule has 7 heteroatoms. The van der Waals surface area contributed by atoms with Gasteiger partial charge in [-0.05, 0) is 277 Å². The van der Waals surface area contributed by atoms with Crippen molar-refractivity contribution in [2.24, 2.45) is 0 Å². The van der Waals surface area contributed by atoms with Crippen LogP contribution in [0.15, 0.2) is 350 Å². The Morgan fingerprint density at radius 3 is 0.591 bits per heavy atom. The monoisotopic (exact) mass is 1550 g/mol. The summed E-state index contributed by atoms with van der Waals surface area (Å²) in [6.07, 6.45) is 0. The number of hydrogen-bond acceptors (Lipinski definition) is 4. The van der Waals surface area contributed by atoms with Gasteiger partial charge in [0.25, 0.3) is 0 Å². The lowest BCUT2D eigenvalue weighted by Gasteiger charge is -2.24. The van der Waals surface area contributed by atoms with Crippen molar-refractivity contribution < 1.29 is 20.1 Å². The molecule has 0 aliphatic heterocycles. The maximum absolute atomic E-state index is 9.69. The third-order valence-corrected chi connectivity index (χ3v) is 26.1. The molecule has 0 bridgehead atoms. The highest BCUT2D eigenvalue weighted by Crippen LogP contribution is 2.56. The SMILES string of the molecule is Brc1ccc(-c2ccc3ccccc3c2)cc1.CC1(C)c2cc(-c3ccc(-c4ccc5ccccc5c4)cc3)ccc2-c2ccc(-c3ccc4c(c3)C(C)(C)c3cc(-c5ccc(-c6ccc7ccccc7c6)cc5)ccc3-4)cc21.CC1(C)c2cc(B(O)O)ccc2-c2ccc(-c3ccc4c(c3)C(C)(C)c3cc(B(O)O)ccc3-4)cc21. The third kappa shape index (κ3) is 12.8. The zero-order chi connectivity index (χ0) is 79.0. The van der Waals surface area contributed by atoms with E-state index in [2.05, 4.69) is 381 Å². The first-order valence-electron chi connectivity index (χ1n) is 39.9. The highest BCUT2D eigenvalue weighted by Gasteiger charge is 2.41. The van der Waals surface area contributed by atoms with Gasteiger partial charge in [0.2, 0.25) is 0 Å². The van der Waals surface area contributed by atoms with E-state index in [1.807, 2.05) is 24.3 Å². The van der Waals surface area contributed by atoms with Crippen LogP contribution >= 0.6 is 15.9 Å². The predicted octanol–water partition coefficient (Wildman–Crippen LogP) is 25.5. The molecule has 21 rings (SSSR count). The molecule has 4 aliphatic rings. The first kappa shape index (κ1) is 73.2. The Morgan fingerprint density at radius 1 is 0.183 bits per heavy atom. The second kappa shape index (κ2) is 28.2. The van der Waals surface area contributed by atoms with Crippen molar-refractivity contribution in [1.82, 2.24) is 0 Å². The predicted molar refractivity (Wildman–Crippen MR) is 488 cm³/mol. The molecule has 0 amide bonds. The maximum atomic E-state index is 9.69. The Balaban J connectivity index is 0.000000139. The summed E-state index contributed by atoms with van der Waals surface area (Å²) in [7, 11) is -2.97. The zero-order valence-corrected chi connectivity index (χ0v) is 67.3.